The first-order valence-electron chi connectivity index (χ1n) is 7.87. The quantitative estimate of drug-likeness (QED) is 0.747. The first-order chi connectivity index (χ1) is 11.1. The Balaban J connectivity index is 1.84. The Morgan fingerprint density at radius 1 is 1.22 bits per heavy atom. The SMILES string of the molecule is Cn1c(=O)c2ccccc2n2c(CN3CCC(O)CC3)nnc12. The zero-order chi connectivity index (χ0) is 16.0. The third-order valence-corrected chi connectivity index (χ3v) is 4.62. The van der Waals surface area contributed by atoms with Crippen molar-refractivity contribution >= 4 is 16.7 Å². The van der Waals surface area contributed by atoms with Crippen LogP contribution in [0.2, 0.25) is 0 Å². The van der Waals surface area contributed by atoms with Gasteiger partial charge in [0.25, 0.3) is 5.56 Å². The van der Waals surface area contributed by atoms with Gasteiger partial charge in [0.15, 0.2) is 5.82 Å². The van der Waals surface area contributed by atoms with Gasteiger partial charge in [-0.1, -0.05) is 12.1 Å². The smallest absolute Gasteiger partial charge is 0.262 e. The summed E-state index contributed by atoms with van der Waals surface area (Å²) in [6, 6.07) is 7.54. The molecule has 7 nitrogen and oxygen atoms in total. The minimum Gasteiger partial charge on any atom is -0.393 e. The number of aliphatic hydroxyl groups is 1. The van der Waals surface area contributed by atoms with Crippen molar-refractivity contribution in [3.8, 4) is 0 Å². The molecule has 0 saturated carbocycles. The Kier molecular flexibility index (Phi) is 3.39. The predicted octanol–water partition coefficient (Wildman–Crippen LogP) is 0.538. The maximum Gasteiger partial charge on any atom is 0.262 e. The minimum atomic E-state index is -0.192. The maximum atomic E-state index is 12.4. The van der Waals surface area contributed by atoms with E-state index in [1.165, 1.54) is 0 Å². The lowest BCUT2D eigenvalue weighted by Gasteiger charge is -2.28. The molecule has 1 N–H and O–H groups in total. The number of hydrogen-bond donors (Lipinski definition) is 1. The van der Waals surface area contributed by atoms with Gasteiger partial charge in [0.2, 0.25) is 5.78 Å². The minimum absolute atomic E-state index is 0.0619. The van der Waals surface area contributed by atoms with Crippen molar-refractivity contribution in [2.24, 2.45) is 7.05 Å². The van der Waals surface area contributed by atoms with Crippen LogP contribution in [0.3, 0.4) is 0 Å². The van der Waals surface area contributed by atoms with Crippen LogP contribution in [0.1, 0.15) is 18.7 Å². The second-order valence-corrected chi connectivity index (χ2v) is 6.14. The highest BCUT2D eigenvalue weighted by atomic mass is 16.3. The molecule has 1 aliphatic rings. The molecule has 0 atom stereocenters. The summed E-state index contributed by atoms with van der Waals surface area (Å²) in [5, 5.41) is 18.8. The summed E-state index contributed by atoms with van der Waals surface area (Å²) in [6.45, 7) is 2.36. The zero-order valence-corrected chi connectivity index (χ0v) is 13.0. The first kappa shape index (κ1) is 14.3. The lowest BCUT2D eigenvalue weighted by Crippen LogP contribution is -2.35. The number of nitrogens with zero attached hydrogens (tertiary/aromatic N) is 5. The van der Waals surface area contributed by atoms with Crippen molar-refractivity contribution in [3.05, 3.63) is 40.4 Å². The average Bonchev–Trinajstić information content (AvgIpc) is 2.99. The number of aliphatic hydroxyl groups excluding tert-OH is 1. The zero-order valence-electron chi connectivity index (χ0n) is 13.0. The van der Waals surface area contributed by atoms with Crippen molar-refractivity contribution in [1.82, 2.24) is 24.1 Å². The molecule has 7 heteroatoms. The van der Waals surface area contributed by atoms with Gasteiger partial charge in [0, 0.05) is 20.1 Å². The monoisotopic (exact) mass is 313 g/mol. The van der Waals surface area contributed by atoms with E-state index >= 15 is 0 Å². The molecule has 120 valence electrons. The van der Waals surface area contributed by atoms with Gasteiger partial charge in [0.1, 0.15) is 0 Å². The fraction of sp³-hybridized carbons (Fsp3) is 0.438. The van der Waals surface area contributed by atoms with Crippen molar-refractivity contribution in [3.63, 3.8) is 0 Å². The number of hydrogen-bond acceptors (Lipinski definition) is 5. The molecule has 0 amide bonds. The van der Waals surface area contributed by atoms with Crippen molar-refractivity contribution < 1.29 is 5.11 Å². The van der Waals surface area contributed by atoms with Gasteiger partial charge in [0.05, 0.1) is 23.6 Å². The normalized spacial score (nSPS) is 17.3. The molecule has 1 saturated heterocycles. The molecule has 1 aliphatic heterocycles. The lowest BCUT2D eigenvalue weighted by atomic mass is 10.1. The molecule has 0 spiro atoms. The van der Waals surface area contributed by atoms with Crippen molar-refractivity contribution in [2.75, 3.05) is 13.1 Å². The largest absolute Gasteiger partial charge is 0.393 e. The van der Waals surface area contributed by atoms with Crippen molar-refractivity contribution in [2.45, 2.75) is 25.5 Å². The van der Waals surface area contributed by atoms with Crippen LogP contribution in [-0.4, -0.2) is 48.4 Å². The van der Waals surface area contributed by atoms with Gasteiger partial charge < -0.3 is 5.11 Å². The molecule has 1 aromatic carbocycles. The average molecular weight is 313 g/mol. The molecule has 0 aliphatic carbocycles. The summed E-state index contributed by atoms with van der Waals surface area (Å²) in [7, 11) is 1.72. The number of piperidine rings is 1. The fourth-order valence-corrected chi connectivity index (χ4v) is 3.27. The molecule has 0 radical (unpaired) electrons. The van der Waals surface area contributed by atoms with E-state index in [2.05, 4.69) is 15.1 Å². The van der Waals surface area contributed by atoms with E-state index in [0.717, 1.165) is 37.3 Å². The van der Waals surface area contributed by atoms with E-state index < -0.39 is 0 Å². The Morgan fingerprint density at radius 2 is 1.96 bits per heavy atom. The van der Waals surface area contributed by atoms with Gasteiger partial charge in [-0.3, -0.25) is 18.7 Å². The molecule has 1 fully saturated rings. The van der Waals surface area contributed by atoms with Crippen LogP contribution in [0, 0.1) is 0 Å². The lowest BCUT2D eigenvalue weighted by molar-refractivity contribution is 0.0779. The molecular formula is C16H19N5O2. The Hall–Kier alpha value is -2.25. The summed E-state index contributed by atoms with van der Waals surface area (Å²) in [5.74, 6) is 1.38. The topological polar surface area (TPSA) is 75.7 Å². The van der Waals surface area contributed by atoms with Crippen LogP contribution < -0.4 is 5.56 Å². The fourth-order valence-electron chi connectivity index (χ4n) is 3.27. The third-order valence-electron chi connectivity index (χ3n) is 4.62. The predicted molar refractivity (Wildman–Crippen MR) is 86.3 cm³/mol. The molecule has 2 aromatic heterocycles. The highest BCUT2D eigenvalue weighted by Crippen LogP contribution is 2.17. The third kappa shape index (κ3) is 2.32. The van der Waals surface area contributed by atoms with Crippen LogP contribution in [0.4, 0.5) is 0 Å². The van der Waals surface area contributed by atoms with Crippen LogP contribution >= 0.6 is 0 Å². The second-order valence-electron chi connectivity index (χ2n) is 6.14. The Morgan fingerprint density at radius 3 is 2.74 bits per heavy atom. The first-order valence-corrected chi connectivity index (χ1v) is 7.87. The Bertz CT molecular complexity index is 921. The second kappa shape index (κ2) is 5.43. The van der Waals surface area contributed by atoms with Gasteiger partial charge in [-0.15, -0.1) is 10.2 Å². The number of benzene rings is 1. The van der Waals surface area contributed by atoms with E-state index in [9.17, 15) is 9.90 Å². The van der Waals surface area contributed by atoms with Gasteiger partial charge in [-0.2, -0.15) is 0 Å². The van der Waals surface area contributed by atoms with E-state index in [0.29, 0.717) is 17.7 Å². The van der Waals surface area contributed by atoms with Crippen LogP contribution in [-0.2, 0) is 13.6 Å². The van der Waals surface area contributed by atoms with Crippen molar-refractivity contribution in [1.29, 1.82) is 0 Å². The molecule has 0 bridgehead atoms. The number of fused-ring (bicyclic) bond motifs is 3. The molecular weight excluding hydrogens is 294 g/mol. The molecule has 3 aromatic rings. The summed E-state index contributed by atoms with van der Waals surface area (Å²) in [4.78, 5) is 14.7. The highest BCUT2D eigenvalue weighted by Gasteiger charge is 2.20. The molecule has 4 rings (SSSR count). The number of aryl methyl sites for hydroxylation is 1. The molecule has 3 heterocycles. The van der Waals surface area contributed by atoms with Gasteiger partial charge >= 0.3 is 0 Å². The number of likely N-dealkylation sites (tertiary alicyclic amines) is 1. The highest BCUT2D eigenvalue weighted by molar-refractivity contribution is 5.80. The van der Waals surface area contributed by atoms with Crippen LogP contribution in [0.5, 0.6) is 0 Å². The summed E-state index contributed by atoms with van der Waals surface area (Å²) >= 11 is 0. The van der Waals surface area contributed by atoms with Gasteiger partial charge in [-0.25, -0.2) is 0 Å². The van der Waals surface area contributed by atoms with E-state index in [1.54, 1.807) is 11.6 Å². The maximum absolute atomic E-state index is 12.4. The van der Waals surface area contributed by atoms with Gasteiger partial charge in [-0.05, 0) is 25.0 Å². The standard InChI is InChI=1S/C16H19N5O2/c1-19-15(23)12-4-2-3-5-13(12)21-14(17-18-16(19)21)10-20-8-6-11(22)7-9-20/h2-5,11,22H,6-10H2,1H3. The Labute approximate surface area is 132 Å². The number of rotatable bonds is 2. The van der Waals surface area contributed by atoms with E-state index in [1.807, 2.05) is 28.7 Å². The van der Waals surface area contributed by atoms with E-state index in [4.69, 9.17) is 0 Å². The van der Waals surface area contributed by atoms with E-state index in [-0.39, 0.29) is 11.7 Å². The summed E-state index contributed by atoms with van der Waals surface area (Å²) in [6.07, 6.45) is 1.38. The molecule has 23 heavy (non-hydrogen) atoms. The number of aromatic nitrogens is 4. The van der Waals surface area contributed by atoms with Crippen LogP contribution in [0.25, 0.3) is 16.7 Å². The summed E-state index contributed by atoms with van der Waals surface area (Å²) in [5.41, 5.74) is 0.774. The number of para-hydroxylation sites is 1. The van der Waals surface area contributed by atoms with Crippen LogP contribution in [0.15, 0.2) is 29.1 Å². The molecule has 0 unspecified atom stereocenters. The summed E-state index contributed by atoms with van der Waals surface area (Å²) < 4.78 is 3.50.